The standard InChI is InChI=1S/C13H22N2O3S2/c1-15(6-3-7-18-2)20(16,17)13-8-11(10-19-13)9-14-12-4-5-12/h8,10,12,14H,3-7,9H2,1-2H3. The van der Waals surface area contributed by atoms with Crippen molar-refractivity contribution in [3.63, 3.8) is 0 Å². The minimum Gasteiger partial charge on any atom is -0.385 e. The Morgan fingerprint density at radius 1 is 1.50 bits per heavy atom. The molecule has 1 aromatic rings. The highest BCUT2D eigenvalue weighted by molar-refractivity contribution is 7.91. The van der Waals surface area contributed by atoms with Gasteiger partial charge in [0.1, 0.15) is 4.21 Å². The highest BCUT2D eigenvalue weighted by Crippen LogP contribution is 2.25. The number of hydrogen-bond donors (Lipinski definition) is 1. The van der Waals surface area contributed by atoms with Crippen LogP contribution in [0.3, 0.4) is 0 Å². The molecule has 1 aromatic heterocycles. The Balaban J connectivity index is 1.93. The molecule has 7 heteroatoms. The van der Waals surface area contributed by atoms with Crippen molar-refractivity contribution in [2.24, 2.45) is 0 Å². The first-order valence-electron chi connectivity index (χ1n) is 6.80. The molecule has 0 radical (unpaired) electrons. The Morgan fingerprint density at radius 3 is 2.90 bits per heavy atom. The first kappa shape index (κ1) is 15.9. The summed E-state index contributed by atoms with van der Waals surface area (Å²) < 4.78 is 31.5. The summed E-state index contributed by atoms with van der Waals surface area (Å²) in [5, 5.41) is 5.31. The van der Waals surface area contributed by atoms with Crippen LogP contribution in [0.1, 0.15) is 24.8 Å². The molecular weight excluding hydrogens is 296 g/mol. The zero-order chi connectivity index (χ0) is 14.6. The summed E-state index contributed by atoms with van der Waals surface area (Å²) in [6.07, 6.45) is 3.17. The molecule has 1 fully saturated rings. The number of nitrogens with one attached hydrogen (secondary N) is 1. The summed E-state index contributed by atoms with van der Waals surface area (Å²) in [5.41, 5.74) is 1.05. The monoisotopic (exact) mass is 318 g/mol. The van der Waals surface area contributed by atoms with E-state index in [0.29, 0.717) is 29.8 Å². The normalized spacial score (nSPS) is 15.9. The zero-order valence-corrected chi connectivity index (χ0v) is 13.6. The smallest absolute Gasteiger partial charge is 0.252 e. The van der Waals surface area contributed by atoms with Crippen LogP contribution in [0.25, 0.3) is 0 Å². The topological polar surface area (TPSA) is 58.6 Å². The lowest BCUT2D eigenvalue weighted by molar-refractivity contribution is 0.189. The third-order valence-electron chi connectivity index (χ3n) is 3.29. The molecule has 0 atom stereocenters. The van der Waals surface area contributed by atoms with E-state index in [1.54, 1.807) is 20.2 Å². The molecule has 0 aromatic carbocycles. The summed E-state index contributed by atoms with van der Waals surface area (Å²) >= 11 is 1.30. The van der Waals surface area contributed by atoms with Crippen molar-refractivity contribution in [3.8, 4) is 0 Å². The Morgan fingerprint density at radius 2 is 2.25 bits per heavy atom. The lowest BCUT2D eigenvalue weighted by Gasteiger charge is -2.15. The second-order valence-electron chi connectivity index (χ2n) is 5.10. The van der Waals surface area contributed by atoms with Crippen molar-refractivity contribution in [1.82, 2.24) is 9.62 Å². The highest BCUT2D eigenvalue weighted by atomic mass is 32.2. The molecule has 0 saturated heterocycles. The molecule has 1 N–H and O–H groups in total. The third kappa shape index (κ3) is 4.26. The Labute approximate surface area is 125 Å². The zero-order valence-electron chi connectivity index (χ0n) is 12.0. The highest BCUT2D eigenvalue weighted by Gasteiger charge is 2.23. The molecule has 1 heterocycles. The number of methoxy groups -OCH3 is 1. The number of rotatable bonds is 9. The van der Waals surface area contributed by atoms with Crippen molar-refractivity contribution >= 4 is 21.4 Å². The summed E-state index contributed by atoms with van der Waals surface area (Å²) in [6, 6.07) is 2.41. The quantitative estimate of drug-likeness (QED) is 0.704. The molecule has 1 saturated carbocycles. The SMILES string of the molecule is COCCCN(C)S(=O)(=O)c1cc(CNC2CC2)cs1. The van der Waals surface area contributed by atoms with Crippen molar-refractivity contribution in [2.75, 3.05) is 27.3 Å². The van der Waals surface area contributed by atoms with Crippen LogP contribution >= 0.6 is 11.3 Å². The van der Waals surface area contributed by atoms with Crippen LogP contribution in [0.5, 0.6) is 0 Å². The van der Waals surface area contributed by atoms with Gasteiger partial charge in [0, 0.05) is 39.9 Å². The molecule has 114 valence electrons. The van der Waals surface area contributed by atoms with Crippen molar-refractivity contribution in [2.45, 2.75) is 36.1 Å². The van der Waals surface area contributed by atoms with Crippen molar-refractivity contribution in [1.29, 1.82) is 0 Å². The first-order chi connectivity index (χ1) is 9.54. The molecular formula is C13H22N2O3S2. The van der Waals surface area contributed by atoms with Gasteiger partial charge in [0.25, 0.3) is 10.0 Å². The minimum absolute atomic E-state index is 0.421. The van der Waals surface area contributed by atoms with Crippen LogP contribution in [0.2, 0.25) is 0 Å². The predicted octanol–water partition coefficient (Wildman–Crippen LogP) is 1.66. The molecule has 0 amide bonds. The molecule has 20 heavy (non-hydrogen) atoms. The summed E-state index contributed by atoms with van der Waals surface area (Å²) in [5.74, 6) is 0. The van der Waals surface area contributed by atoms with E-state index in [2.05, 4.69) is 5.32 Å². The van der Waals surface area contributed by atoms with E-state index in [1.807, 2.05) is 5.38 Å². The number of thiophene rings is 1. The molecule has 0 bridgehead atoms. The molecule has 0 unspecified atom stereocenters. The lowest BCUT2D eigenvalue weighted by atomic mass is 10.3. The minimum atomic E-state index is -3.35. The number of nitrogens with zero attached hydrogens (tertiary/aromatic N) is 1. The van der Waals surface area contributed by atoms with Crippen molar-refractivity contribution in [3.05, 3.63) is 17.0 Å². The molecule has 0 spiro atoms. The van der Waals surface area contributed by atoms with E-state index >= 15 is 0 Å². The van der Waals surface area contributed by atoms with Gasteiger partial charge in [-0.15, -0.1) is 11.3 Å². The van der Waals surface area contributed by atoms with E-state index < -0.39 is 10.0 Å². The molecule has 2 rings (SSSR count). The van der Waals surface area contributed by atoms with Gasteiger partial charge in [0.2, 0.25) is 0 Å². The van der Waals surface area contributed by atoms with Gasteiger partial charge in [-0.3, -0.25) is 0 Å². The predicted molar refractivity (Wildman–Crippen MR) is 80.5 cm³/mol. The van der Waals surface area contributed by atoms with E-state index in [0.717, 1.165) is 12.1 Å². The number of sulfonamides is 1. The maximum Gasteiger partial charge on any atom is 0.252 e. The van der Waals surface area contributed by atoms with E-state index in [9.17, 15) is 8.42 Å². The molecule has 5 nitrogen and oxygen atoms in total. The molecule has 0 aliphatic heterocycles. The van der Waals surface area contributed by atoms with Gasteiger partial charge in [-0.2, -0.15) is 0 Å². The van der Waals surface area contributed by atoms with E-state index in [1.165, 1.54) is 28.5 Å². The maximum atomic E-state index is 12.4. The van der Waals surface area contributed by atoms with Gasteiger partial charge in [0.15, 0.2) is 0 Å². The fourth-order valence-electron chi connectivity index (χ4n) is 1.84. The fourth-order valence-corrected chi connectivity index (χ4v) is 4.46. The largest absolute Gasteiger partial charge is 0.385 e. The lowest BCUT2D eigenvalue weighted by Crippen LogP contribution is -2.28. The van der Waals surface area contributed by atoms with E-state index in [-0.39, 0.29) is 0 Å². The summed E-state index contributed by atoms with van der Waals surface area (Å²) in [6.45, 7) is 1.80. The van der Waals surface area contributed by atoms with Crippen LogP contribution in [-0.4, -0.2) is 46.1 Å². The van der Waals surface area contributed by atoms with Gasteiger partial charge >= 0.3 is 0 Å². The van der Waals surface area contributed by atoms with Crippen LogP contribution < -0.4 is 5.32 Å². The van der Waals surface area contributed by atoms with E-state index in [4.69, 9.17) is 4.74 Å². The van der Waals surface area contributed by atoms with Gasteiger partial charge in [0.05, 0.1) is 0 Å². The average Bonchev–Trinajstić information content (AvgIpc) is 3.12. The molecule has 1 aliphatic carbocycles. The second kappa shape index (κ2) is 7.00. The Bertz CT molecular complexity index is 523. The maximum absolute atomic E-state index is 12.4. The van der Waals surface area contributed by atoms with Crippen LogP contribution in [0, 0.1) is 0 Å². The number of hydrogen-bond acceptors (Lipinski definition) is 5. The summed E-state index contributed by atoms with van der Waals surface area (Å²) in [4.78, 5) is 0. The second-order valence-corrected chi connectivity index (χ2v) is 8.29. The van der Waals surface area contributed by atoms with Crippen molar-refractivity contribution < 1.29 is 13.2 Å². The van der Waals surface area contributed by atoms with Gasteiger partial charge < -0.3 is 10.1 Å². The summed E-state index contributed by atoms with van der Waals surface area (Å²) in [7, 11) is -0.117. The number of ether oxygens (including phenoxy) is 1. The van der Waals surface area contributed by atoms with Crippen LogP contribution in [0.15, 0.2) is 15.7 Å². The fraction of sp³-hybridized carbons (Fsp3) is 0.692. The van der Waals surface area contributed by atoms with Gasteiger partial charge in [-0.1, -0.05) is 0 Å². The van der Waals surface area contributed by atoms with Crippen LogP contribution in [-0.2, 0) is 21.3 Å². The average molecular weight is 318 g/mol. The van der Waals surface area contributed by atoms with Crippen LogP contribution in [0.4, 0.5) is 0 Å². The third-order valence-corrected chi connectivity index (χ3v) is 6.61. The van der Waals surface area contributed by atoms with Gasteiger partial charge in [-0.25, -0.2) is 12.7 Å². The first-order valence-corrected chi connectivity index (χ1v) is 9.12. The Hall–Kier alpha value is -0.470. The van der Waals surface area contributed by atoms with Gasteiger partial charge in [-0.05, 0) is 36.3 Å². The Kier molecular flexibility index (Phi) is 5.57. The molecule has 1 aliphatic rings.